The van der Waals surface area contributed by atoms with Gasteiger partial charge in [-0.05, 0) is 48.0 Å². The number of aromatic nitrogens is 2. The van der Waals surface area contributed by atoms with Crippen LogP contribution in [-0.2, 0) is 13.0 Å². The summed E-state index contributed by atoms with van der Waals surface area (Å²) in [5.74, 6) is 0.263. The predicted octanol–water partition coefficient (Wildman–Crippen LogP) is 4.03. The average Bonchev–Trinajstić information content (AvgIpc) is 3.20. The van der Waals surface area contributed by atoms with Crippen molar-refractivity contribution in [1.82, 2.24) is 20.0 Å². The van der Waals surface area contributed by atoms with Gasteiger partial charge in [0.2, 0.25) is 0 Å². The maximum absolute atomic E-state index is 13.9. The van der Waals surface area contributed by atoms with Crippen LogP contribution >= 0.6 is 24.0 Å². The van der Waals surface area contributed by atoms with Crippen LogP contribution in [0, 0.1) is 11.6 Å². The zero-order valence-corrected chi connectivity index (χ0v) is 20.0. The first-order valence-electron chi connectivity index (χ1n) is 9.55. The molecule has 0 atom stereocenters. The van der Waals surface area contributed by atoms with Crippen LogP contribution in [0.5, 0.6) is 5.75 Å². The molecule has 0 saturated heterocycles. The standard InChI is InChI=1S/C22H25F2N5O.HI/c1-25-22(28(2)15-16-4-9-21(30-3)20(24)14-16)26-12-10-18-11-13-29(27-18)19-7-5-17(23)6-8-19;/h4-9,11,13-14H,10,12,15H2,1-3H3,(H,25,26);1H. The molecule has 1 aromatic heterocycles. The Bertz CT molecular complexity index is 1010. The lowest BCUT2D eigenvalue weighted by Crippen LogP contribution is -2.39. The van der Waals surface area contributed by atoms with Crippen LogP contribution in [-0.4, -0.2) is 48.4 Å². The van der Waals surface area contributed by atoms with Crippen LogP contribution in [0.4, 0.5) is 8.78 Å². The van der Waals surface area contributed by atoms with E-state index >= 15 is 0 Å². The van der Waals surface area contributed by atoms with Gasteiger partial charge in [0.1, 0.15) is 5.82 Å². The lowest BCUT2D eigenvalue weighted by Gasteiger charge is -2.22. The Morgan fingerprint density at radius 3 is 2.55 bits per heavy atom. The van der Waals surface area contributed by atoms with Gasteiger partial charge in [0, 0.05) is 39.8 Å². The Morgan fingerprint density at radius 2 is 1.90 bits per heavy atom. The highest BCUT2D eigenvalue weighted by atomic mass is 127. The van der Waals surface area contributed by atoms with Gasteiger partial charge in [0.05, 0.1) is 18.5 Å². The smallest absolute Gasteiger partial charge is 0.193 e. The van der Waals surface area contributed by atoms with Crippen LogP contribution in [0.25, 0.3) is 5.69 Å². The van der Waals surface area contributed by atoms with E-state index in [1.165, 1.54) is 25.3 Å². The zero-order valence-electron chi connectivity index (χ0n) is 17.7. The summed E-state index contributed by atoms with van der Waals surface area (Å²) in [5, 5.41) is 7.81. The molecule has 0 amide bonds. The largest absolute Gasteiger partial charge is 0.494 e. The molecule has 0 bridgehead atoms. The van der Waals surface area contributed by atoms with Gasteiger partial charge in [-0.3, -0.25) is 4.99 Å². The molecule has 1 heterocycles. The maximum atomic E-state index is 13.9. The molecule has 31 heavy (non-hydrogen) atoms. The summed E-state index contributed by atoms with van der Waals surface area (Å²) in [6.45, 7) is 1.13. The van der Waals surface area contributed by atoms with Crippen molar-refractivity contribution in [2.45, 2.75) is 13.0 Å². The summed E-state index contributed by atoms with van der Waals surface area (Å²) in [5.41, 5.74) is 2.52. The van der Waals surface area contributed by atoms with Crippen molar-refractivity contribution in [3.05, 3.63) is 77.6 Å². The molecule has 0 fully saturated rings. The van der Waals surface area contributed by atoms with E-state index in [0.717, 1.165) is 16.9 Å². The number of halogens is 3. The van der Waals surface area contributed by atoms with Crippen molar-refractivity contribution in [3.8, 4) is 11.4 Å². The lowest BCUT2D eigenvalue weighted by molar-refractivity contribution is 0.385. The first-order chi connectivity index (χ1) is 14.5. The van der Waals surface area contributed by atoms with Crippen molar-refractivity contribution in [2.24, 2.45) is 4.99 Å². The molecular weight excluding hydrogens is 515 g/mol. The van der Waals surface area contributed by atoms with E-state index in [4.69, 9.17) is 4.74 Å². The molecule has 166 valence electrons. The van der Waals surface area contributed by atoms with Crippen molar-refractivity contribution in [2.75, 3.05) is 27.7 Å². The Balaban J connectivity index is 0.00000341. The summed E-state index contributed by atoms with van der Waals surface area (Å²) in [4.78, 5) is 6.20. The number of methoxy groups -OCH3 is 1. The number of benzene rings is 2. The number of nitrogens with zero attached hydrogens (tertiary/aromatic N) is 4. The number of hydrogen-bond acceptors (Lipinski definition) is 3. The van der Waals surface area contributed by atoms with Crippen LogP contribution in [0.1, 0.15) is 11.3 Å². The van der Waals surface area contributed by atoms with Crippen LogP contribution < -0.4 is 10.1 Å². The molecule has 0 saturated carbocycles. The number of ether oxygens (including phenoxy) is 1. The van der Waals surface area contributed by atoms with E-state index in [-0.39, 0.29) is 41.4 Å². The molecule has 0 aliphatic heterocycles. The van der Waals surface area contributed by atoms with Gasteiger partial charge < -0.3 is 15.0 Å². The summed E-state index contributed by atoms with van der Waals surface area (Å²) >= 11 is 0. The van der Waals surface area contributed by atoms with Gasteiger partial charge in [0.25, 0.3) is 0 Å². The van der Waals surface area contributed by atoms with E-state index in [1.54, 1.807) is 29.9 Å². The molecule has 3 rings (SSSR count). The number of rotatable bonds is 7. The molecule has 3 aromatic rings. The second kappa shape index (κ2) is 11.6. The molecule has 0 unspecified atom stereocenters. The second-order valence-corrected chi connectivity index (χ2v) is 6.78. The summed E-state index contributed by atoms with van der Waals surface area (Å²) in [7, 11) is 5.04. The monoisotopic (exact) mass is 541 g/mol. The lowest BCUT2D eigenvalue weighted by atomic mass is 10.2. The van der Waals surface area contributed by atoms with Crippen LogP contribution in [0.15, 0.2) is 59.7 Å². The van der Waals surface area contributed by atoms with E-state index in [0.29, 0.717) is 25.5 Å². The maximum Gasteiger partial charge on any atom is 0.193 e. The van der Waals surface area contributed by atoms with E-state index in [9.17, 15) is 8.78 Å². The quantitative estimate of drug-likeness (QED) is 0.279. The Labute approximate surface area is 198 Å². The zero-order chi connectivity index (χ0) is 21.5. The molecule has 0 spiro atoms. The highest BCUT2D eigenvalue weighted by Gasteiger charge is 2.10. The number of nitrogens with one attached hydrogen (secondary N) is 1. The van der Waals surface area contributed by atoms with Gasteiger partial charge in [-0.1, -0.05) is 6.07 Å². The predicted molar refractivity (Wildman–Crippen MR) is 128 cm³/mol. The Hall–Kier alpha value is -2.69. The van der Waals surface area contributed by atoms with Gasteiger partial charge in [-0.15, -0.1) is 24.0 Å². The molecule has 9 heteroatoms. The molecule has 6 nitrogen and oxygen atoms in total. The Kier molecular flexibility index (Phi) is 9.22. The molecule has 2 aromatic carbocycles. The first-order valence-corrected chi connectivity index (χ1v) is 9.55. The third-order valence-electron chi connectivity index (χ3n) is 4.61. The van der Waals surface area contributed by atoms with Crippen molar-refractivity contribution < 1.29 is 13.5 Å². The second-order valence-electron chi connectivity index (χ2n) is 6.78. The fraction of sp³-hybridized carbons (Fsp3) is 0.273. The third kappa shape index (κ3) is 6.65. The SMILES string of the molecule is CN=C(NCCc1ccn(-c2ccc(F)cc2)n1)N(C)Cc1ccc(OC)c(F)c1.I. The van der Waals surface area contributed by atoms with Crippen molar-refractivity contribution >= 4 is 29.9 Å². The topological polar surface area (TPSA) is 54.7 Å². The first kappa shape index (κ1) is 24.6. The summed E-state index contributed by atoms with van der Waals surface area (Å²) in [6.07, 6.45) is 2.54. The third-order valence-corrected chi connectivity index (χ3v) is 4.61. The van der Waals surface area contributed by atoms with Crippen LogP contribution in [0.2, 0.25) is 0 Å². The molecule has 0 aliphatic rings. The summed E-state index contributed by atoms with van der Waals surface area (Å²) < 4.78 is 33.6. The normalized spacial score (nSPS) is 11.1. The Morgan fingerprint density at radius 1 is 1.16 bits per heavy atom. The van der Waals surface area contributed by atoms with Gasteiger partial charge in [0.15, 0.2) is 17.5 Å². The minimum absolute atomic E-state index is 0. The molecule has 1 N–H and O–H groups in total. The van der Waals surface area contributed by atoms with Gasteiger partial charge >= 0.3 is 0 Å². The highest BCUT2D eigenvalue weighted by molar-refractivity contribution is 14.0. The van der Waals surface area contributed by atoms with Crippen molar-refractivity contribution in [1.29, 1.82) is 0 Å². The van der Waals surface area contributed by atoms with E-state index < -0.39 is 0 Å². The van der Waals surface area contributed by atoms with Gasteiger partial charge in [-0.2, -0.15) is 5.10 Å². The minimum atomic E-state index is -0.386. The average molecular weight is 541 g/mol. The molecular formula is C22H26F2IN5O. The fourth-order valence-electron chi connectivity index (χ4n) is 3.08. The van der Waals surface area contributed by atoms with Crippen LogP contribution in [0.3, 0.4) is 0 Å². The summed E-state index contributed by atoms with van der Waals surface area (Å²) in [6, 6.07) is 13.0. The van der Waals surface area contributed by atoms with Gasteiger partial charge in [-0.25, -0.2) is 13.5 Å². The minimum Gasteiger partial charge on any atom is -0.494 e. The fourth-order valence-corrected chi connectivity index (χ4v) is 3.08. The number of aliphatic imine (C=N–C) groups is 1. The number of guanidine groups is 1. The highest BCUT2D eigenvalue weighted by Crippen LogP contribution is 2.18. The molecule has 0 radical (unpaired) electrons. The molecule has 0 aliphatic carbocycles. The number of hydrogen-bond donors (Lipinski definition) is 1. The van der Waals surface area contributed by atoms with E-state index in [2.05, 4.69) is 15.4 Å². The van der Waals surface area contributed by atoms with Crippen molar-refractivity contribution in [3.63, 3.8) is 0 Å². The van der Waals surface area contributed by atoms with E-state index in [1.807, 2.05) is 30.3 Å².